The Bertz CT molecular complexity index is 823. The molecular formula is C18H15ClN2O2. The number of hydrogen-bond donors (Lipinski definition) is 0. The smallest absolute Gasteiger partial charge is 0.246 e. The molecule has 0 spiro atoms. The Morgan fingerprint density at radius 1 is 1.09 bits per heavy atom. The quantitative estimate of drug-likeness (QED) is 0.539. The van der Waals surface area contributed by atoms with Gasteiger partial charge in [-0.1, -0.05) is 54.1 Å². The minimum Gasteiger partial charge on any atom is -0.618 e. The van der Waals surface area contributed by atoms with Gasteiger partial charge in [-0.15, -0.1) is 0 Å². The zero-order valence-corrected chi connectivity index (χ0v) is 13.3. The summed E-state index contributed by atoms with van der Waals surface area (Å²) in [5.74, 6) is 0.629. The zero-order valence-electron chi connectivity index (χ0n) is 12.6. The summed E-state index contributed by atoms with van der Waals surface area (Å²) < 4.78 is 6.67. The SMILES string of the molecule is Cc1c(Cl)ncc(-c2ccccc2OCc2ccccc2)[n+]1[O-]. The highest BCUT2D eigenvalue weighted by atomic mass is 35.5. The van der Waals surface area contributed by atoms with Crippen molar-refractivity contribution >= 4 is 11.6 Å². The van der Waals surface area contributed by atoms with E-state index in [1.807, 2.05) is 54.6 Å². The van der Waals surface area contributed by atoms with E-state index in [1.54, 1.807) is 6.92 Å². The van der Waals surface area contributed by atoms with Gasteiger partial charge in [0.2, 0.25) is 11.4 Å². The molecule has 0 amide bonds. The van der Waals surface area contributed by atoms with Crippen LogP contribution in [0.2, 0.25) is 5.15 Å². The molecule has 0 aliphatic heterocycles. The highest BCUT2D eigenvalue weighted by Crippen LogP contribution is 2.28. The minimum absolute atomic E-state index is 0.200. The van der Waals surface area contributed by atoms with Gasteiger partial charge < -0.3 is 9.94 Å². The van der Waals surface area contributed by atoms with Crippen molar-refractivity contribution in [2.24, 2.45) is 0 Å². The summed E-state index contributed by atoms with van der Waals surface area (Å²) in [5, 5.41) is 12.6. The van der Waals surface area contributed by atoms with Gasteiger partial charge in [0.15, 0.2) is 5.15 Å². The van der Waals surface area contributed by atoms with Crippen LogP contribution in [0, 0.1) is 12.1 Å². The first kappa shape index (κ1) is 15.3. The lowest BCUT2D eigenvalue weighted by atomic mass is 10.1. The van der Waals surface area contributed by atoms with E-state index in [2.05, 4.69) is 4.98 Å². The molecule has 0 unspecified atom stereocenters. The van der Waals surface area contributed by atoms with Crippen LogP contribution in [0.15, 0.2) is 60.8 Å². The molecule has 0 fully saturated rings. The molecule has 1 heterocycles. The van der Waals surface area contributed by atoms with Crippen molar-refractivity contribution < 1.29 is 9.47 Å². The second kappa shape index (κ2) is 6.67. The van der Waals surface area contributed by atoms with Gasteiger partial charge in [0.05, 0.1) is 5.56 Å². The summed E-state index contributed by atoms with van der Waals surface area (Å²) in [7, 11) is 0. The second-order valence-corrected chi connectivity index (χ2v) is 5.44. The van der Waals surface area contributed by atoms with Crippen LogP contribution < -0.4 is 9.47 Å². The molecule has 1 aromatic heterocycles. The van der Waals surface area contributed by atoms with Gasteiger partial charge >= 0.3 is 0 Å². The third kappa shape index (κ3) is 3.27. The molecular weight excluding hydrogens is 312 g/mol. The molecule has 0 atom stereocenters. The van der Waals surface area contributed by atoms with Crippen LogP contribution in [-0.4, -0.2) is 4.98 Å². The first-order chi connectivity index (χ1) is 11.2. The lowest BCUT2D eigenvalue weighted by molar-refractivity contribution is -0.601. The molecule has 0 aliphatic rings. The average Bonchev–Trinajstić information content (AvgIpc) is 2.59. The molecule has 0 aliphatic carbocycles. The predicted octanol–water partition coefficient (Wildman–Crippen LogP) is 3.92. The van der Waals surface area contributed by atoms with Crippen LogP contribution in [0.25, 0.3) is 11.3 Å². The van der Waals surface area contributed by atoms with Crippen molar-refractivity contribution in [3.05, 3.63) is 82.4 Å². The van der Waals surface area contributed by atoms with Crippen LogP contribution in [0.3, 0.4) is 0 Å². The van der Waals surface area contributed by atoms with E-state index in [0.717, 1.165) is 10.3 Å². The Balaban J connectivity index is 1.94. The Kier molecular flexibility index (Phi) is 4.44. The van der Waals surface area contributed by atoms with Gasteiger partial charge in [-0.05, 0) is 17.7 Å². The first-order valence-electron chi connectivity index (χ1n) is 7.17. The highest BCUT2D eigenvalue weighted by molar-refractivity contribution is 6.29. The Morgan fingerprint density at radius 2 is 1.78 bits per heavy atom. The zero-order chi connectivity index (χ0) is 16.2. The van der Waals surface area contributed by atoms with Crippen molar-refractivity contribution in [1.82, 2.24) is 4.98 Å². The third-order valence-corrected chi connectivity index (χ3v) is 3.89. The summed E-state index contributed by atoms with van der Waals surface area (Å²) in [5.41, 5.74) is 2.52. The van der Waals surface area contributed by atoms with Gasteiger partial charge in [0.25, 0.3) is 0 Å². The van der Waals surface area contributed by atoms with E-state index in [-0.39, 0.29) is 5.15 Å². The van der Waals surface area contributed by atoms with Crippen molar-refractivity contribution in [3.63, 3.8) is 0 Å². The average molecular weight is 327 g/mol. The van der Waals surface area contributed by atoms with Gasteiger partial charge in [-0.2, -0.15) is 4.73 Å². The summed E-state index contributed by atoms with van der Waals surface area (Å²) in [6.45, 7) is 2.07. The van der Waals surface area contributed by atoms with Crippen LogP contribution >= 0.6 is 11.6 Å². The number of halogens is 1. The number of para-hydroxylation sites is 1. The fourth-order valence-corrected chi connectivity index (χ4v) is 2.37. The van der Waals surface area contributed by atoms with Crippen LogP contribution in [0.4, 0.5) is 0 Å². The standard InChI is InChI=1S/C18H15ClN2O2/c1-13-18(19)20-11-16(21(13)22)15-9-5-6-10-17(15)23-12-14-7-3-2-4-8-14/h2-11H,12H2,1H3. The fourth-order valence-electron chi connectivity index (χ4n) is 2.25. The van der Waals surface area contributed by atoms with Crippen molar-refractivity contribution in [1.29, 1.82) is 0 Å². The second-order valence-electron chi connectivity index (χ2n) is 5.08. The summed E-state index contributed by atoms with van der Waals surface area (Å²) in [4.78, 5) is 4.06. The lowest BCUT2D eigenvalue weighted by Crippen LogP contribution is -2.33. The predicted molar refractivity (Wildman–Crippen MR) is 89.2 cm³/mol. The molecule has 0 radical (unpaired) electrons. The van der Waals surface area contributed by atoms with Crippen molar-refractivity contribution in [2.45, 2.75) is 13.5 Å². The molecule has 2 aromatic carbocycles. The van der Waals surface area contributed by atoms with E-state index in [0.29, 0.717) is 29.3 Å². The first-order valence-corrected chi connectivity index (χ1v) is 7.55. The van der Waals surface area contributed by atoms with E-state index < -0.39 is 0 Å². The topological polar surface area (TPSA) is 49.1 Å². The number of benzene rings is 2. The largest absolute Gasteiger partial charge is 0.618 e. The molecule has 3 aromatic rings. The van der Waals surface area contributed by atoms with Crippen LogP contribution in [-0.2, 0) is 6.61 Å². The molecule has 4 nitrogen and oxygen atoms in total. The van der Waals surface area contributed by atoms with Crippen LogP contribution in [0.5, 0.6) is 5.75 Å². The molecule has 0 saturated heterocycles. The van der Waals surface area contributed by atoms with Gasteiger partial charge in [-0.25, -0.2) is 4.98 Å². The Labute approximate surface area is 139 Å². The number of ether oxygens (including phenoxy) is 1. The molecule has 116 valence electrons. The van der Waals surface area contributed by atoms with Crippen molar-refractivity contribution in [3.8, 4) is 17.0 Å². The number of hydrogen-bond acceptors (Lipinski definition) is 3. The maximum absolute atomic E-state index is 12.4. The van der Waals surface area contributed by atoms with E-state index in [4.69, 9.17) is 16.3 Å². The third-order valence-electron chi connectivity index (χ3n) is 3.52. The monoisotopic (exact) mass is 326 g/mol. The van der Waals surface area contributed by atoms with E-state index in [9.17, 15) is 5.21 Å². The van der Waals surface area contributed by atoms with Gasteiger partial charge in [0.1, 0.15) is 18.6 Å². The van der Waals surface area contributed by atoms with Crippen molar-refractivity contribution in [2.75, 3.05) is 0 Å². The summed E-state index contributed by atoms with van der Waals surface area (Å²) in [6.07, 6.45) is 1.47. The molecule has 0 bridgehead atoms. The molecule has 0 saturated carbocycles. The lowest BCUT2D eigenvalue weighted by Gasteiger charge is -2.12. The highest BCUT2D eigenvalue weighted by Gasteiger charge is 2.18. The molecule has 0 N–H and O–H groups in total. The van der Waals surface area contributed by atoms with Crippen LogP contribution in [0.1, 0.15) is 11.3 Å². The summed E-state index contributed by atoms with van der Waals surface area (Å²) in [6, 6.07) is 17.3. The number of aromatic nitrogens is 2. The minimum atomic E-state index is 0.200. The molecule has 5 heteroatoms. The maximum atomic E-state index is 12.4. The fraction of sp³-hybridized carbons (Fsp3) is 0.111. The molecule has 23 heavy (non-hydrogen) atoms. The van der Waals surface area contributed by atoms with Gasteiger partial charge in [0, 0.05) is 6.92 Å². The summed E-state index contributed by atoms with van der Waals surface area (Å²) >= 11 is 5.89. The molecule has 3 rings (SSSR count). The Morgan fingerprint density at radius 3 is 2.57 bits per heavy atom. The normalized spacial score (nSPS) is 10.5. The van der Waals surface area contributed by atoms with Gasteiger partial charge in [-0.3, -0.25) is 0 Å². The van der Waals surface area contributed by atoms with E-state index >= 15 is 0 Å². The Hall–Kier alpha value is -2.59. The maximum Gasteiger partial charge on any atom is 0.246 e. The van der Waals surface area contributed by atoms with E-state index in [1.165, 1.54) is 6.20 Å². The number of rotatable bonds is 4. The number of nitrogens with zero attached hydrogens (tertiary/aromatic N) is 2.